The van der Waals surface area contributed by atoms with Crippen LogP contribution < -0.4 is 0 Å². The quantitative estimate of drug-likeness (QED) is 0.756. The normalized spacial score (nSPS) is 22.8. The largest absolute Gasteiger partial charge is 0.388 e. The van der Waals surface area contributed by atoms with Crippen LogP contribution in [-0.4, -0.2) is 17.8 Å². The monoisotopic (exact) mass is 198 g/mol. The Bertz CT molecular complexity index is 279. The second-order valence-electron chi connectivity index (χ2n) is 3.26. The maximum atomic E-state index is 9.70. The highest BCUT2D eigenvalue weighted by molar-refractivity contribution is 6.30. The van der Waals surface area contributed by atoms with Crippen LogP contribution in [0.3, 0.4) is 0 Å². The lowest BCUT2D eigenvalue weighted by atomic mass is 10.1. The van der Waals surface area contributed by atoms with E-state index in [1.54, 1.807) is 12.1 Å². The molecule has 2 atom stereocenters. The standard InChI is InChI=1S/C10H11ClO2/c11-8-3-1-7(2-4-8)10(12)5-9-6-13-9/h1-4,9-10,12H,5-6H2. The van der Waals surface area contributed by atoms with Crippen LogP contribution in [0.2, 0.25) is 5.02 Å². The molecular formula is C10H11ClO2. The van der Waals surface area contributed by atoms with Gasteiger partial charge in [-0.1, -0.05) is 23.7 Å². The summed E-state index contributed by atoms with van der Waals surface area (Å²) in [5, 5.41) is 10.4. The second-order valence-corrected chi connectivity index (χ2v) is 3.69. The molecule has 0 amide bonds. The van der Waals surface area contributed by atoms with Crippen LogP contribution in [-0.2, 0) is 4.74 Å². The lowest BCUT2D eigenvalue weighted by Crippen LogP contribution is -2.00. The molecule has 1 aliphatic rings. The van der Waals surface area contributed by atoms with Gasteiger partial charge in [-0.25, -0.2) is 0 Å². The predicted molar refractivity (Wildman–Crippen MR) is 50.8 cm³/mol. The number of rotatable bonds is 3. The van der Waals surface area contributed by atoms with E-state index in [0.717, 1.165) is 12.2 Å². The number of halogens is 1. The Morgan fingerprint density at radius 1 is 1.46 bits per heavy atom. The summed E-state index contributed by atoms with van der Waals surface area (Å²) in [6.07, 6.45) is 0.511. The molecular weight excluding hydrogens is 188 g/mol. The predicted octanol–water partition coefficient (Wildman–Crippen LogP) is 2.16. The van der Waals surface area contributed by atoms with E-state index in [-0.39, 0.29) is 6.10 Å². The number of aliphatic hydroxyl groups is 1. The van der Waals surface area contributed by atoms with E-state index in [2.05, 4.69) is 0 Å². The third kappa shape index (κ3) is 2.44. The summed E-state index contributed by atoms with van der Waals surface area (Å²) in [5.41, 5.74) is 0.903. The SMILES string of the molecule is OC(CC1CO1)c1ccc(Cl)cc1. The van der Waals surface area contributed by atoms with E-state index in [9.17, 15) is 5.11 Å². The van der Waals surface area contributed by atoms with Crippen molar-refractivity contribution in [2.24, 2.45) is 0 Å². The smallest absolute Gasteiger partial charge is 0.0837 e. The minimum Gasteiger partial charge on any atom is -0.388 e. The van der Waals surface area contributed by atoms with Gasteiger partial charge in [-0.3, -0.25) is 0 Å². The van der Waals surface area contributed by atoms with Gasteiger partial charge in [-0.15, -0.1) is 0 Å². The Morgan fingerprint density at radius 2 is 2.08 bits per heavy atom. The van der Waals surface area contributed by atoms with Gasteiger partial charge in [-0.05, 0) is 17.7 Å². The van der Waals surface area contributed by atoms with Gasteiger partial charge in [0.1, 0.15) is 0 Å². The molecule has 3 heteroatoms. The van der Waals surface area contributed by atoms with E-state index in [1.807, 2.05) is 12.1 Å². The second kappa shape index (κ2) is 3.66. The van der Waals surface area contributed by atoms with Crippen molar-refractivity contribution in [3.63, 3.8) is 0 Å². The molecule has 0 saturated carbocycles. The van der Waals surface area contributed by atoms with Crippen LogP contribution >= 0.6 is 11.6 Å². The lowest BCUT2D eigenvalue weighted by Gasteiger charge is -2.08. The first-order chi connectivity index (χ1) is 6.25. The fraction of sp³-hybridized carbons (Fsp3) is 0.400. The summed E-state index contributed by atoms with van der Waals surface area (Å²) < 4.78 is 5.04. The van der Waals surface area contributed by atoms with Gasteiger partial charge < -0.3 is 9.84 Å². The van der Waals surface area contributed by atoms with Crippen LogP contribution in [0.25, 0.3) is 0 Å². The maximum absolute atomic E-state index is 9.70. The average Bonchev–Trinajstić information content (AvgIpc) is 2.89. The molecule has 0 spiro atoms. The van der Waals surface area contributed by atoms with E-state index in [4.69, 9.17) is 16.3 Å². The van der Waals surface area contributed by atoms with Crippen molar-refractivity contribution in [3.05, 3.63) is 34.9 Å². The van der Waals surface area contributed by atoms with Crippen LogP contribution in [0.15, 0.2) is 24.3 Å². The van der Waals surface area contributed by atoms with Crippen LogP contribution in [0.4, 0.5) is 0 Å². The highest BCUT2D eigenvalue weighted by atomic mass is 35.5. The van der Waals surface area contributed by atoms with Crippen molar-refractivity contribution < 1.29 is 9.84 Å². The molecule has 70 valence electrons. The van der Waals surface area contributed by atoms with Crippen molar-refractivity contribution >= 4 is 11.6 Å². The van der Waals surface area contributed by atoms with E-state index < -0.39 is 6.10 Å². The number of epoxide rings is 1. The molecule has 1 N–H and O–H groups in total. The number of aliphatic hydroxyl groups excluding tert-OH is 1. The molecule has 1 aliphatic heterocycles. The van der Waals surface area contributed by atoms with Crippen LogP contribution in [0.1, 0.15) is 18.1 Å². The average molecular weight is 199 g/mol. The fourth-order valence-electron chi connectivity index (χ4n) is 1.27. The Morgan fingerprint density at radius 3 is 2.62 bits per heavy atom. The number of ether oxygens (including phenoxy) is 1. The molecule has 1 fully saturated rings. The van der Waals surface area contributed by atoms with Gasteiger partial charge >= 0.3 is 0 Å². The number of hydrogen-bond acceptors (Lipinski definition) is 2. The first-order valence-electron chi connectivity index (χ1n) is 4.31. The maximum Gasteiger partial charge on any atom is 0.0837 e. The summed E-state index contributed by atoms with van der Waals surface area (Å²) in [4.78, 5) is 0. The van der Waals surface area contributed by atoms with E-state index in [1.165, 1.54) is 0 Å². The van der Waals surface area contributed by atoms with Crippen molar-refractivity contribution in [1.29, 1.82) is 0 Å². The van der Waals surface area contributed by atoms with Crippen molar-refractivity contribution in [2.45, 2.75) is 18.6 Å². The van der Waals surface area contributed by atoms with Gasteiger partial charge in [0.15, 0.2) is 0 Å². The summed E-state index contributed by atoms with van der Waals surface area (Å²) >= 11 is 5.73. The Balaban J connectivity index is 2.01. The summed E-state index contributed by atoms with van der Waals surface area (Å²) in [6, 6.07) is 7.26. The zero-order valence-electron chi connectivity index (χ0n) is 7.11. The van der Waals surface area contributed by atoms with Gasteiger partial charge in [0.25, 0.3) is 0 Å². The van der Waals surface area contributed by atoms with Gasteiger partial charge in [0.05, 0.1) is 18.8 Å². The van der Waals surface area contributed by atoms with Crippen molar-refractivity contribution in [1.82, 2.24) is 0 Å². The molecule has 1 aromatic rings. The lowest BCUT2D eigenvalue weighted by molar-refractivity contribution is 0.154. The molecule has 2 nitrogen and oxygen atoms in total. The van der Waals surface area contributed by atoms with E-state index >= 15 is 0 Å². The van der Waals surface area contributed by atoms with E-state index in [0.29, 0.717) is 11.4 Å². The molecule has 0 aliphatic carbocycles. The zero-order valence-corrected chi connectivity index (χ0v) is 7.87. The third-order valence-electron chi connectivity index (χ3n) is 2.14. The molecule has 0 radical (unpaired) electrons. The Kier molecular flexibility index (Phi) is 2.54. The van der Waals surface area contributed by atoms with Crippen LogP contribution in [0.5, 0.6) is 0 Å². The summed E-state index contributed by atoms with van der Waals surface area (Å²) in [7, 11) is 0. The van der Waals surface area contributed by atoms with Crippen LogP contribution in [0, 0.1) is 0 Å². The molecule has 2 unspecified atom stereocenters. The van der Waals surface area contributed by atoms with Crippen molar-refractivity contribution in [2.75, 3.05) is 6.61 Å². The molecule has 2 rings (SSSR count). The minimum absolute atomic E-state index is 0.255. The molecule has 13 heavy (non-hydrogen) atoms. The van der Waals surface area contributed by atoms with Gasteiger partial charge in [0, 0.05) is 11.4 Å². The van der Waals surface area contributed by atoms with Gasteiger partial charge in [0.2, 0.25) is 0 Å². The first kappa shape index (κ1) is 9.00. The molecule has 0 bridgehead atoms. The fourth-order valence-corrected chi connectivity index (χ4v) is 1.40. The topological polar surface area (TPSA) is 32.8 Å². The van der Waals surface area contributed by atoms with Gasteiger partial charge in [-0.2, -0.15) is 0 Å². The molecule has 0 aromatic heterocycles. The van der Waals surface area contributed by atoms with Crippen molar-refractivity contribution in [3.8, 4) is 0 Å². The molecule has 1 aromatic carbocycles. The minimum atomic E-state index is -0.426. The summed E-state index contributed by atoms with van der Waals surface area (Å²) in [5.74, 6) is 0. The Labute approximate surface area is 82.1 Å². The number of hydrogen-bond donors (Lipinski definition) is 1. The molecule has 1 heterocycles. The first-order valence-corrected chi connectivity index (χ1v) is 4.68. The number of benzene rings is 1. The Hall–Kier alpha value is -0.570. The highest BCUT2D eigenvalue weighted by Crippen LogP contribution is 2.25. The highest BCUT2D eigenvalue weighted by Gasteiger charge is 2.26. The zero-order chi connectivity index (χ0) is 9.26. The molecule has 1 saturated heterocycles. The third-order valence-corrected chi connectivity index (χ3v) is 2.40. The summed E-state index contributed by atoms with van der Waals surface area (Å²) in [6.45, 7) is 0.782.